The molecule has 0 amide bonds. The molecule has 1 aromatic rings. The molecule has 108 valence electrons. The number of aromatic hydroxyl groups is 1. The highest BCUT2D eigenvalue weighted by Crippen LogP contribution is 2.23. The molecule has 1 rings (SSSR count). The van der Waals surface area contributed by atoms with Crippen molar-refractivity contribution in [1.82, 2.24) is 10.2 Å². The summed E-state index contributed by atoms with van der Waals surface area (Å²) in [4.78, 5) is 2.46. The van der Waals surface area contributed by atoms with Crippen molar-refractivity contribution in [2.45, 2.75) is 46.3 Å². The van der Waals surface area contributed by atoms with Crippen LogP contribution >= 0.6 is 11.6 Å². The molecular weight excluding hydrogens is 260 g/mol. The molecule has 0 fully saturated rings. The zero-order valence-corrected chi connectivity index (χ0v) is 13.0. The largest absolute Gasteiger partial charge is 0.506 e. The van der Waals surface area contributed by atoms with E-state index in [1.165, 1.54) is 0 Å². The van der Waals surface area contributed by atoms with E-state index in [0.717, 1.165) is 25.2 Å². The van der Waals surface area contributed by atoms with Gasteiger partial charge in [0.25, 0.3) is 0 Å². The van der Waals surface area contributed by atoms with E-state index in [-0.39, 0.29) is 5.75 Å². The Balaban J connectivity index is 2.36. The molecule has 0 saturated heterocycles. The van der Waals surface area contributed by atoms with Crippen LogP contribution in [0, 0.1) is 0 Å². The molecule has 0 radical (unpaired) electrons. The molecular formula is C15H25ClN2O. The quantitative estimate of drug-likeness (QED) is 0.755. The van der Waals surface area contributed by atoms with E-state index in [1.807, 2.05) is 6.07 Å². The molecule has 0 aliphatic heterocycles. The Morgan fingerprint density at radius 1 is 1.21 bits per heavy atom. The second-order valence-corrected chi connectivity index (χ2v) is 5.80. The van der Waals surface area contributed by atoms with E-state index in [2.05, 4.69) is 37.9 Å². The van der Waals surface area contributed by atoms with Crippen LogP contribution in [-0.2, 0) is 6.54 Å². The van der Waals surface area contributed by atoms with Gasteiger partial charge in [-0.1, -0.05) is 17.7 Å². The normalized spacial score (nSPS) is 11.8. The third kappa shape index (κ3) is 5.39. The first-order valence-electron chi connectivity index (χ1n) is 6.85. The van der Waals surface area contributed by atoms with E-state index in [9.17, 15) is 5.11 Å². The van der Waals surface area contributed by atoms with E-state index in [1.54, 1.807) is 12.1 Å². The van der Waals surface area contributed by atoms with Crippen LogP contribution in [0.25, 0.3) is 0 Å². The number of phenolic OH excluding ortho intramolecular Hbond substituents is 1. The average molecular weight is 285 g/mol. The van der Waals surface area contributed by atoms with Gasteiger partial charge in [-0.15, -0.1) is 0 Å². The number of nitrogens with zero attached hydrogens (tertiary/aromatic N) is 1. The third-order valence-electron chi connectivity index (χ3n) is 3.21. The molecule has 0 saturated carbocycles. The van der Waals surface area contributed by atoms with Crippen molar-refractivity contribution in [1.29, 1.82) is 0 Å². The maximum atomic E-state index is 9.35. The topological polar surface area (TPSA) is 35.5 Å². The van der Waals surface area contributed by atoms with Gasteiger partial charge in [0.2, 0.25) is 0 Å². The van der Waals surface area contributed by atoms with Gasteiger partial charge in [0, 0.05) is 31.7 Å². The van der Waals surface area contributed by atoms with Crippen molar-refractivity contribution in [2.75, 3.05) is 13.1 Å². The van der Waals surface area contributed by atoms with Crippen LogP contribution in [0.1, 0.15) is 33.3 Å². The molecule has 2 N–H and O–H groups in total. The van der Waals surface area contributed by atoms with Crippen LogP contribution in [0.3, 0.4) is 0 Å². The maximum Gasteiger partial charge on any atom is 0.134 e. The summed E-state index contributed by atoms with van der Waals surface area (Å²) in [5.74, 6) is 0.135. The minimum Gasteiger partial charge on any atom is -0.506 e. The van der Waals surface area contributed by atoms with Crippen LogP contribution in [0.15, 0.2) is 18.2 Å². The highest BCUT2D eigenvalue weighted by atomic mass is 35.5. The van der Waals surface area contributed by atoms with Gasteiger partial charge in [0.15, 0.2) is 0 Å². The summed E-state index contributed by atoms with van der Waals surface area (Å²) < 4.78 is 0. The Morgan fingerprint density at radius 2 is 1.84 bits per heavy atom. The summed E-state index contributed by atoms with van der Waals surface area (Å²) in [6.45, 7) is 11.6. The van der Waals surface area contributed by atoms with Gasteiger partial charge in [-0.3, -0.25) is 4.90 Å². The molecule has 0 aromatic heterocycles. The number of hydrogen-bond donors (Lipinski definition) is 2. The monoisotopic (exact) mass is 284 g/mol. The average Bonchev–Trinajstić information content (AvgIpc) is 2.32. The number of halogens is 1. The van der Waals surface area contributed by atoms with E-state index < -0.39 is 0 Å². The van der Waals surface area contributed by atoms with Crippen LogP contribution in [-0.4, -0.2) is 35.2 Å². The molecule has 0 atom stereocenters. The van der Waals surface area contributed by atoms with Crippen molar-refractivity contribution in [3.05, 3.63) is 28.8 Å². The summed E-state index contributed by atoms with van der Waals surface area (Å²) >= 11 is 5.87. The SMILES string of the molecule is CC(C)N(CCNCc1ccc(O)c(Cl)c1)C(C)C. The number of benzene rings is 1. The zero-order valence-electron chi connectivity index (χ0n) is 12.3. The van der Waals surface area contributed by atoms with Gasteiger partial charge in [-0.2, -0.15) is 0 Å². The standard InChI is InChI=1S/C15H25ClN2O/c1-11(2)18(12(3)4)8-7-17-10-13-5-6-15(19)14(16)9-13/h5-6,9,11-12,17,19H,7-8,10H2,1-4H3. The molecule has 0 unspecified atom stereocenters. The molecule has 0 bridgehead atoms. The highest BCUT2D eigenvalue weighted by Gasteiger charge is 2.12. The Labute approximate surface area is 121 Å². The number of phenols is 1. The predicted octanol–water partition coefficient (Wildman–Crippen LogP) is 3.25. The molecule has 4 heteroatoms. The lowest BCUT2D eigenvalue weighted by Gasteiger charge is -2.30. The Kier molecular flexibility index (Phi) is 6.63. The highest BCUT2D eigenvalue weighted by molar-refractivity contribution is 6.32. The fourth-order valence-electron chi connectivity index (χ4n) is 2.21. The predicted molar refractivity (Wildman–Crippen MR) is 81.8 cm³/mol. The maximum absolute atomic E-state index is 9.35. The van der Waals surface area contributed by atoms with Crippen molar-refractivity contribution in [2.24, 2.45) is 0 Å². The summed E-state index contributed by atoms with van der Waals surface area (Å²) in [7, 11) is 0. The minimum absolute atomic E-state index is 0.135. The summed E-state index contributed by atoms with van der Waals surface area (Å²) in [6, 6.07) is 6.44. The Hall–Kier alpha value is -0.770. The molecule has 0 aliphatic rings. The van der Waals surface area contributed by atoms with Crippen molar-refractivity contribution in [3.8, 4) is 5.75 Å². The van der Waals surface area contributed by atoms with Crippen molar-refractivity contribution >= 4 is 11.6 Å². The summed E-state index contributed by atoms with van der Waals surface area (Å²) in [6.07, 6.45) is 0. The molecule has 19 heavy (non-hydrogen) atoms. The first-order valence-corrected chi connectivity index (χ1v) is 7.23. The third-order valence-corrected chi connectivity index (χ3v) is 3.52. The Bertz CT molecular complexity index is 386. The lowest BCUT2D eigenvalue weighted by Crippen LogP contribution is -2.41. The molecule has 0 aliphatic carbocycles. The second kappa shape index (κ2) is 7.73. The number of hydrogen-bond acceptors (Lipinski definition) is 3. The van der Waals surface area contributed by atoms with Crippen molar-refractivity contribution < 1.29 is 5.11 Å². The van der Waals surface area contributed by atoms with Gasteiger partial charge in [0.1, 0.15) is 5.75 Å². The molecule has 0 heterocycles. The summed E-state index contributed by atoms with van der Waals surface area (Å²) in [5, 5.41) is 13.2. The number of nitrogens with one attached hydrogen (secondary N) is 1. The van der Waals surface area contributed by atoms with Crippen LogP contribution in [0.5, 0.6) is 5.75 Å². The second-order valence-electron chi connectivity index (χ2n) is 5.39. The zero-order chi connectivity index (χ0) is 14.4. The van der Waals surface area contributed by atoms with Crippen molar-refractivity contribution in [3.63, 3.8) is 0 Å². The lowest BCUT2D eigenvalue weighted by molar-refractivity contribution is 0.176. The van der Waals surface area contributed by atoms with Gasteiger partial charge in [-0.05, 0) is 45.4 Å². The molecule has 1 aromatic carbocycles. The lowest BCUT2D eigenvalue weighted by atomic mass is 10.2. The van der Waals surface area contributed by atoms with Crippen LogP contribution < -0.4 is 5.32 Å². The minimum atomic E-state index is 0.135. The van der Waals surface area contributed by atoms with Gasteiger partial charge < -0.3 is 10.4 Å². The molecule has 0 spiro atoms. The van der Waals surface area contributed by atoms with E-state index in [0.29, 0.717) is 17.1 Å². The Morgan fingerprint density at radius 3 is 2.37 bits per heavy atom. The van der Waals surface area contributed by atoms with Gasteiger partial charge in [0.05, 0.1) is 5.02 Å². The van der Waals surface area contributed by atoms with Gasteiger partial charge in [-0.25, -0.2) is 0 Å². The fourth-order valence-corrected chi connectivity index (χ4v) is 2.42. The smallest absolute Gasteiger partial charge is 0.134 e. The molecule has 3 nitrogen and oxygen atoms in total. The first kappa shape index (κ1) is 16.3. The fraction of sp³-hybridized carbons (Fsp3) is 0.600. The van der Waals surface area contributed by atoms with E-state index in [4.69, 9.17) is 11.6 Å². The van der Waals surface area contributed by atoms with Crippen LogP contribution in [0.4, 0.5) is 0 Å². The van der Waals surface area contributed by atoms with Crippen LogP contribution in [0.2, 0.25) is 5.02 Å². The summed E-state index contributed by atoms with van der Waals surface area (Å²) in [5.41, 5.74) is 1.09. The van der Waals surface area contributed by atoms with Gasteiger partial charge >= 0.3 is 0 Å². The van der Waals surface area contributed by atoms with E-state index >= 15 is 0 Å². The first-order chi connectivity index (χ1) is 8.91. The number of rotatable bonds is 7.